The molecule has 2 heterocycles. The fraction of sp³-hybridized carbons (Fsp3) is 0.333. The van der Waals surface area contributed by atoms with Crippen molar-refractivity contribution < 1.29 is 24.2 Å². The molecule has 1 aliphatic rings. The van der Waals surface area contributed by atoms with Gasteiger partial charge in [-0.05, 0) is 50.6 Å². The molecule has 0 bridgehead atoms. The lowest BCUT2D eigenvalue weighted by Crippen LogP contribution is -2.38. The molecule has 3 aromatic rings. The first-order valence-corrected chi connectivity index (χ1v) is 11.8. The predicted molar refractivity (Wildman–Crippen MR) is 133 cm³/mol. The number of carboxylic acid groups (broad SMARTS) is 1. The Hall–Kier alpha value is -3.78. The van der Waals surface area contributed by atoms with Gasteiger partial charge >= 0.3 is 11.9 Å². The molecule has 1 unspecified atom stereocenters. The van der Waals surface area contributed by atoms with Crippen molar-refractivity contribution in [1.29, 1.82) is 0 Å². The van der Waals surface area contributed by atoms with Crippen molar-refractivity contribution in [2.75, 3.05) is 11.9 Å². The van der Waals surface area contributed by atoms with E-state index in [2.05, 4.69) is 24.1 Å². The zero-order chi connectivity index (χ0) is 25.1. The number of aromatic nitrogens is 1. The molecule has 1 aliphatic heterocycles. The first-order valence-electron chi connectivity index (χ1n) is 11.8. The second kappa shape index (κ2) is 10.2. The maximum absolute atomic E-state index is 13.5. The zero-order valence-electron chi connectivity index (χ0n) is 20.1. The van der Waals surface area contributed by atoms with Crippen LogP contribution in [0, 0.1) is 0 Å². The lowest BCUT2D eigenvalue weighted by molar-refractivity contribution is -0.124. The Balaban J connectivity index is 1.61. The molecule has 0 saturated carbocycles. The molecule has 0 radical (unpaired) electrons. The van der Waals surface area contributed by atoms with E-state index >= 15 is 0 Å². The van der Waals surface area contributed by atoms with E-state index in [1.54, 1.807) is 6.92 Å². The number of carbonyl (C=O) groups is 3. The van der Waals surface area contributed by atoms with Gasteiger partial charge in [0.25, 0.3) is 5.91 Å². The Bertz CT molecular complexity index is 1270. The van der Waals surface area contributed by atoms with Gasteiger partial charge in [0.1, 0.15) is 0 Å². The van der Waals surface area contributed by atoms with Crippen LogP contribution in [0.5, 0.6) is 0 Å². The molecule has 0 aliphatic carbocycles. The molecule has 1 aromatic heterocycles. The van der Waals surface area contributed by atoms with Crippen LogP contribution in [0.3, 0.4) is 0 Å². The van der Waals surface area contributed by atoms with Crippen LogP contribution in [0.15, 0.2) is 48.5 Å². The molecule has 1 atom stereocenters. The second-order valence-corrected chi connectivity index (χ2v) is 8.92. The average molecular weight is 476 g/mol. The number of amides is 1. The van der Waals surface area contributed by atoms with E-state index in [9.17, 15) is 14.4 Å². The summed E-state index contributed by atoms with van der Waals surface area (Å²) in [5.41, 5.74) is 3.48. The third kappa shape index (κ3) is 5.17. The SMILES string of the molecule is CCC(OC(=O)c1c2c(nc3ccccc13)CCN(C(C)C)C2)C(=O)Nc1ccc(C(=O)O)cc1. The Morgan fingerprint density at radius 1 is 1.11 bits per heavy atom. The summed E-state index contributed by atoms with van der Waals surface area (Å²) in [4.78, 5) is 44.6. The number of pyridine rings is 1. The molecule has 0 saturated heterocycles. The number of rotatable bonds is 7. The van der Waals surface area contributed by atoms with Crippen molar-refractivity contribution in [3.8, 4) is 0 Å². The van der Waals surface area contributed by atoms with Crippen LogP contribution in [0.4, 0.5) is 5.69 Å². The van der Waals surface area contributed by atoms with Gasteiger partial charge in [-0.2, -0.15) is 0 Å². The minimum absolute atomic E-state index is 0.117. The number of esters is 1. The lowest BCUT2D eigenvalue weighted by Gasteiger charge is -2.32. The summed E-state index contributed by atoms with van der Waals surface area (Å²) in [5, 5.41) is 12.5. The normalized spacial score (nSPS) is 14.4. The summed E-state index contributed by atoms with van der Waals surface area (Å²) in [5.74, 6) is -2.07. The molecular formula is C27H29N3O5. The molecular weight excluding hydrogens is 446 g/mol. The molecule has 0 spiro atoms. The predicted octanol–water partition coefficient (Wildman–Crippen LogP) is 4.27. The second-order valence-electron chi connectivity index (χ2n) is 8.92. The summed E-state index contributed by atoms with van der Waals surface area (Å²) in [6.45, 7) is 7.47. The van der Waals surface area contributed by atoms with Crippen molar-refractivity contribution in [2.45, 2.75) is 52.3 Å². The van der Waals surface area contributed by atoms with E-state index in [-0.39, 0.29) is 12.0 Å². The van der Waals surface area contributed by atoms with Crippen molar-refractivity contribution in [3.05, 3.63) is 70.9 Å². The van der Waals surface area contributed by atoms with E-state index in [1.165, 1.54) is 24.3 Å². The maximum Gasteiger partial charge on any atom is 0.340 e. The molecule has 182 valence electrons. The minimum Gasteiger partial charge on any atom is -0.478 e. The van der Waals surface area contributed by atoms with Crippen LogP contribution >= 0.6 is 0 Å². The summed E-state index contributed by atoms with van der Waals surface area (Å²) >= 11 is 0. The van der Waals surface area contributed by atoms with Crippen LogP contribution in [0.1, 0.15) is 59.2 Å². The van der Waals surface area contributed by atoms with Gasteiger partial charge < -0.3 is 15.2 Å². The number of para-hydroxylation sites is 1. The fourth-order valence-electron chi connectivity index (χ4n) is 4.31. The highest BCUT2D eigenvalue weighted by atomic mass is 16.5. The highest BCUT2D eigenvalue weighted by Gasteiger charge is 2.30. The van der Waals surface area contributed by atoms with Gasteiger partial charge in [-0.25, -0.2) is 9.59 Å². The third-order valence-electron chi connectivity index (χ3n) is 6.32. The average Bonchev–Trinajstić information content (AvgIpc) is 2.85. The summed E-state index contributed by atoms with van der Waals surface area (Å²) in [6, 6.07) is 13.6. The van der Waals surface area contributed by atoms with Gasteiger partial charge in [0.15, 0.2) is 6.10 Å². The highest BCUT2D eigenvalue weighted by Crippen LogP contribution is 2.30. The smallest absolute Gasteiger partial charge is 0.340 e. The van der Waals surface area contributed by atoms with Crippen molar-refractivity contribution in [1.82, 2.24) is 9.88 Å². The third-order valence-corrected chi connectivity index (χ3v) is 6.32. The number of ether oxygens (including phenoxy) is 1. The number of nitrogens with one attached hydrogen (secondary N) is 1. The van der Waals surface area contributed by atoms with Crippen LogP contribution in [-0.4, -0.2) is 51.5 Å². The highest BCUT2D eigenvalue weighted by molar-refractivity contribution is 6.06. The number of aromatic carboxylic acids is 1. The summed E-state index contributed by atoms with van der Waals surface area (Å²) < 4.78 is 5.76. The monoisotopic (exact) mass is 475 g/mol. The zero-order valence-corrected chi connectivity index (χ0v) is 20.1. The van der Waals surface area contributed by atoms with Gasteiger partial charge in [-0.3, -0.25) is 14.7 Å². The van der Waals surface area contributed by atoms with Crippen LogP contribution in [0.2, 0.25) is 0 Å². The van der Waals surface area contributed by atoms with E-state index in [1.807, 2.05) is 24.3 Å². The first-order chi connectivity index (χ1) is 16.8. The number of hydrogen-bond acceptors (Lipinski definition) is 6. The van der Waals surface area contributed by atoms with Crippen molar-refractivity contribution in [3.63, 3.8) is 0 Å². The number of benzene rings is 2. The van der Waals surface area contributed by atoms with E-state index in [4.69, 9.17) is 14.8 Å². The molecule has 2 aromatic carbocycles. The van der Waals surface area contributed by atoms with Gasteiger partial charge in [0, 0.05) is 47.9 Å². The van der Waals surface area contributed by atoms with Gasteiger partial charge in [-0.15, -0.1) is 0 Å². The molecule has 8 nitrogen and oxygen atoms in total. The summed E-state index contributed by atoms with van der Waals surface area (Å²) in [7, 11) is 0. The van der Waals surface area contributed by atoms with Gasteiger partial charge in [-0.1, -0.05) is 25.1 Å². The lowest BCUT2D eigenvalue weighted by atomic mass is 9.95. The Morgan fingerprint density at radius 3 is 2.49 bits per heavy atom. The molecule has 35 heavy (non-hydrogen) atoms. The number of carbonyl (C=O) groups excluding carboxylic acids is 2. The van der Waals surface area contributed by atoms with Gasteiger partial charge in [0.2, 0.25) is 0 Å². The number of fused-ring (bicyclic) bond motifs is 2. The quantitative estimate of drug-likeness (QED) is 0.491. The topological polar surface area (TPSA) is 109 Å². The molecule has 2 N–H and O–H groups in total. The first kappa shape index (κ1) is 24.3. The Morgan fingerprint density at radius 2 is 1.83 bits per heavy atom. The number of hydrogen-bond donors (Lipinski definition) is 2. The molecule has 4 rings (SSSR count). The van der Waals surface area contributed by atoms with Crippen molar-refractivity contribution in [2.24, 2.45) is 0 Å². The molecule has 1 amide bonds. The van der Waals surface area contributed by atoms with E-state index in [0.717, 1.165) is 29.7 Å². The Labute approximate surface area is 203 Å². The van der Waals surface area contributed by atoms with E-state index < -0.39 is 23.9 Å². The standard InChI is InChI=1S/C27H29N3O5/c1-4-23(25(31)28-18-11-9-17(10-12-18)26(32)33)35-27(34)24-19-7-5-6-8-21(19)29-22-13-14-30(16(2)3)15-20(22)24/h5-12,16,23H,4,13-15H2,1-3H3,(H,28,31)(H,32,33). The molecule has 8 heteroatoms. The largest absolute Gasteiger partial charge is 0.478 e. The number of carboxylic acids is 1. The van der Waals surface area contributed by atoms with Crippen molar-refractivity contribution >= 4 is 34.4 Å². The van der Waals surface area contributed by atoms with Crippen LogP contribution in [0.25, 0.3) is 10.9 Å². The van der Waals surface area contributed by atoms with Crippen LogP contribution < -0.4 is 5.32 Å². The van der Waals surface area contributed by atoms with Crippen LogP contribution in [-0.2, 0) is 22.5 Å². The minimum atomic E-state index is -1.05. The number of anilines is 1. The van der Waals surface area contributed by atoms with E-state index in [0.29, 0.717) is 29.2 Å². The van der Waals surface area contributed by atoms with Gasteiger partial charge in [0.05, 0.1) is 16.6 Å². The number of nitrogens with zero attached hydrogens (tertiary/aromatic N) is 2. The Kier molecular flexibility index (Phi) is 7.12. The fourth-order valence-corrected chi connectivity index (χ4v) is 4.31. The molecule has 0 fully saturated rings. The maximum atomic E-state index is 13.5. The summed E-state index contributed by atoms with van der Waals surface area (Å²) in [6.07, 6.45) is 0.0190.